The third-order valence-corrected chi connectivity index (χ3v) is 3.53. The Morgan fingerprint density at radius 1 is 1.24 bits per heavy atom. The number of benzene rings is 1. The summed E-state index contributed by atoms with van der Waals surface area (Å²) in [5, 5.41) is 7.76. The molecule has 1 N–H and O–H groups in total. The highest BCUT2D eigenvalue weighted by Gasteiger charge is 2.14. The molecule has 2 heterocycles. The van der Waals surface area contributed by atoms with Crippen LogP contribution in [-0.4, -0.2) is 15.5 Å². The minimum absolute atomic E-state index is 0.0768. The van der Waals surface area contributed by atoms with E-state index in [2.05, 4.69) is 10.4 Å². The summed E-state index contributed by atoms with van der Waals surface area (Å²) < 4.78 is 1.60. The number of nitrogens with one attached hydrogen (secondary N) is 1. The molecule has 1 unspecified atom stereocenters. The lowest BCUT2D eigenvalue weighted by Crippen LogP contribution is -2.27. The zero-order valence-corrected chi connectivity index (χ0v) is 12.2. The van der Waals surface area contributed by atoms with Crippen molar-refractivity contribution in [3.63, 3.8) is 0 Å². The molecule has 0 aliphatic heterocycles. The van der Waals surface area contributed by atoms with Crippen LogP contribution in [0.15, 0.2) is 54.7 Å². The van der Waals surface area contributed by atoms with Crippen LogP contribution < -0.4 is 5.32 Å². The number of pyridine rings is 1. The van der Waals surface area contributed by atoms with Crippen LogP contribution in [0.2, 0.25) is 5.02 Å². The van der Waals surface area contributed by atoms with Crippen molar-refractivity contribution in [2.75, 3.05) is 0 Å². The zero-order chi connectivity index (χ0) is 14.8. The summed E-state index contributed by atoms with van der Waals surface area (Å²) in [7, 11) is 0. The van der Waals surface area contributed by atoms with Crippen molar-refractivity contribution >= 4 is 23.0 Å². The Labute approximate surface area is 127 Å². The SMILES string of the molecule is CC(NC(=O)c1cc2ccc(Cl)cn2n1)c1ccccc1. The van der Waals surface area contributed by atoms with Crippen molar-refractivity contribution in [2.45, 2.75) is 13.0 Å². The summed E-state index contributed by atoms with van der Waals surface area (Å²) in [6.45, 7) is 1.94. The molecule has 0 fully saturated rings. The fraction of sp³-hybridized carbons (Fsp3) is 0.125. The highest BCUT2D eigenvalue weighted by atomic mass is 35.5. The van der Waals surface area contributed by atoms with Crippen molar-refractivity contribution in [3.05, 3.63) is 71.0 Å². The molecular formula is C16H14ClN3O. The summed E-state index contributed by atoms with van der Waals surface area (Å²) in [6.07, 6.45) is 1.67. The highest BCUT2D eigenvalue weighted by Crippen LogP contribution is 2.15. The number of amides is 1. The highest BCUT2D eigenvalue weighted by molar-refractivity contribution is 6.30. The number of hydrogen-bond acceptors (Lipinski definition) is 2. The first-order valence-electron chi connectivity index (χ1n) is 6.64. The molecule has 106 valence electrons. The van der Waals surface area contributed by atoms with Crippen LogP contribution in [0, 0.1) is 0 Å². The lowest BCUT2D eigenvalue weighted by molar-refractivity contribution is 0.0934. The molecule has 3 aromatic rings. The molecule has 0 bridgehead atoms. The van der Waals surface area contributed by atoms with Gasteiger partial charge in [0.15, 0.2) is 5.69 Å². The third-order valence-electron chi connectivity index (χ3n) is 3.30. The van der Waals surface area contributed by atoms with Gasteiger partial charge in [0.1, 0.15) is 0 Å². The van der Waals surface area contributed by atoms with Gasteiger partial charge in [0.05, 0.1) is 16.6 Å². The van der Waals surface area contributed by atoms with E-state index in [0.717, 1.165) is 11.1 Å². The first-order valence-corrected chi connectivity index (χ1v) is 7.02. The minimum Gasteiger partial charge on any atom is -0.344 e. The molecule has 0 radical (unpaired) electrons. The molecule has 21 heavy (non-hydrogen) atoms. The molecule has 1 amide bonds. The minimum atomic E-state index is -0.203. The van der Waals surface area contributed by atoms with E-state index in [-0.39, 0.29) is 11.9 Å². The Hall–Kier alpha value is -2.33. The predicted octanol–water partition coefficient (Wildman–Crippen LogP) is 3.48. The van der Waals surface area contributed by atoms with Gasteiger partial charge in [-0.1, -0.05) is 41.9 Å². The van der Waals surface area contributed by atoms with E-state index in [0.29, 0.717) is 10.7 Å². The number of hydrogen-bond donors (Lipinski definition) is 1. The maximum atomic E-state index is 12.3. The van der Waals surface area contributed by atoms with E-state index in [1.165, 1.54) is 0 Å². The molecule has 1 atom stereocenters. The van der Waals surface area contributed by atoms with Crippen LogP contribution in [0.3, 0.4) is 0 Å². The van der Waals surface area contributed by atoms with Crippen LogP contribution in [0.25, 0.3) is 5.52 Å². The second-order valence-electron chi connectivity index (χ2n) is 4.85. The summed E-state index contributed by atoms with van der Waals surface area (Å²) in [6, 6.07) is 15.1. The van der Waals surface area contributed by atoms with E-state index >= 15 is 0 Å². The van der Waals surface area contributed by atoms with Gasteiger partial charge in [0.2, 0.25) is 0 Å². The van der Waals surface area contributed by atoms with E-state index in [4.69, 9.17) is 11.6 Å². The Balaban J connectivity index is 1.80. The number of rotatable bonds is 3. The quantitative estimate of drug-likeness (QED) is 0.805. The summed E-state index contributed by atoms with van der Waals surface area (Å²) in [5.41, 5.74) is 2.26. The molecule has 0 aliphatic rings. The normalized spacial score (nSPS) is 12.3. The fourth-order valence-corrected chi connectivity index (χ4v) is 2.32. The number of fused-ring (bicyclic) bond motifs is 1. The number of carbonyl (C=O) groups excluding carboxylic acids is 1. The summed E-state index contributed by atoms with van der Waals surface area (Å²) in [5.74, 6) is -0.203. The van der Waals surface area contributed by atoms with Crippen molar-refractivity contribution in [1.29, 1.82) is 0 Å². The molecule has 5 heteroatoms. The predicted molar refractivity (Wildman–Crippen MR) is 82.5 cm³/mol. The zero-order valence-electron chi connectivity index (χ0n) is 11.5. The molecule has 0 saturated carbocycles. The van der Waals surface area contributed by atoms with Gasteiger partial charge in [-0.05, 0) is 30.7 Å². The Morgan fingerprint density at radius 2 is 2.00 bits per heavy atom. The maximum Gasteiger partial charge on any atom is 0.272 e. The van der Waals surface area contributed by atoms with Gasteiger partial charge in [0.25, 0.3) is 5.91 Å². The molecule has 0 aliphatic carbocycles. The topological polar surface area (TPSA) is 46.4 Å². The van der Waals surface area contributed by atoms with Gasteiger partial charge in [0, 0.05) is 6.20 Å². The third kappa shape index (κ3) is 2.90. The van der Waals surface area contributed by atoms with Crippen LogP contribution in [0.4, 0.5) is 0 Å². The Bertz CT molecular complexity index is 783. The van der Waals surface area contributed by atoms with Crippen LogP contribution in [0.5, 0.6) is 0 Å². The van der Waals surface area contributed by atoms with Crippen molar-refractivity contribution < 1.29 is 4.79 Å². The van der Waals surface area contributed by atoms with Crippen molar-refractivity contribution in [3.8, 4) is 0 Å². The summed E-state index contributed by atoms with van der Waals surface area (Å²) >= 11 is 5.91. The van der Waals surface area contributed by atoms with Gasteiger partial charge in [-0.15, -0.1) is 0 Å². The molecule has 0 spiro atoms. The van der Waals surface area contributed by atoms with Crippen LogP contribution in [0.1, 0.15) is 29.0 Å². The first-order chi connectivity index (χ1) is 10.1. The fourth-order valence-electron chi connectivity index (χ4n) is 2.17. The lowest BCUT2D eigenvalue weighted by atomic mass is 10.1. The van der Waals surface area contributed by atoms with Crippen molar-refractivity contribution in [2.24, 2.45) is 0 Å². The van der Waals surface area contributed by atoms with E-state index in [1.54, 1.807) is 22.8 Å². The van der Waals surface area contributed by atoms with E-state index < -0.39 is 0 Å². The van der Waals surface area contributed by atoms with Gasteiger partial charge in [-0.3, -0.25) is 4.79 Å². The number of halogens is 1. The largest absolute Gasteiger partial charge is 0.344 e. The van der Waals surface area contributed by atoms with Crippen LogP contribution in [-0.2, 0) is 0 Å². The Morgan fingerprint density at radius 3 is 2.76 bits per heavy atom. The average molecular weight is 300 g/mol. The smallest absolute Gasteiger partial charge is 0.272 e. The van der Waals surface area contributed by atoms with Crippen LogP contribution >= 0.6 is 11.6 Å². The summed E-state index contributed by atoms with van der Waals surface area (Å²) in [4.78, 5) is 12.3. The van der Waals surface area contributed by atoms with E-state index in [1.807, 2.05) is 43.3 Å². The molecule has 2 aromatic heterocycles. The molecule has 1 aromatic carbocycles. The molecule has 4 nitrogen and oxygen atoms in total. The standard InChI is InChI=1S/C16H14ClN3O/c1-11(12-5-3-2-4-6-12)18-16(21)15-9-14-8-7-13(17)10-20(14)19-15/h2-11H,1H3,(H,18,21). The van der Waals surface area contributed by atoms with Gasteiger partial charge >= 0.3 is 0 Å². The second-order valence-corrected chi connectivity index (χ2v) is 5.29. The number of nitrogens with zero attached hydrogens (tertiary/aromatic N) is 2. The molecule has 0 saturated heterocycles. The monoisotopic (exact) mass is 299 g/mol. The van der Waals surface area contributed by atoms with Gasteiger partial charge < -0.3 is 5.32 Å². The molecule has 3 rings (SSSR count). The second kappa shape index (κ2) is 5.58. The first kappa shape index (κ1) is 13.6. The number of carbonyl (C=O) groups is 1. The maximum absolute atomic E-state index is 12.3. The molecular weight excluding hydrogens is 286 g/mol. The average Bonchev–Trinajstić information content (AvgIpc) is 2.91. The van der Waals surface area contributed by atoms with Gasteiger partial charge in [-0.25, -0.2) is 4.52 Å². The lowest BCUT2D eigenvalue weighted by Gasteiger charge is -2.12. The number of aromatic nitrogens is 2. The van der Waals surface area contributed by atoms with Gasteiger partial charge in [-0.2, -0.15) is 5.10 Å². The van der Waals surface area contributed by atoms with E-state index in [9.17, 15) is 4.79 Å². The Kier molecular flexibility index (Phi) is 3.62. The van der Waals surface area contributed by atoms with Crippen molar-refractivity contribution in [1.82, 2.24) is 14.9 Å².